The van der Waals surface area contributed by atoms with E-state index in [-0.39, 0.29) is 0 Å². The molecule has 0 spiro atoms. The number of nitriles is 1. The Bertz CT molecular complexity index is 845. The van der Waals surface area contributed by atoms with Gasteiger partial charge in [0.1, 0.15) is 6.33 Å². The number of hydrogen-bond acceptors (Lipinski definition) is 3. The first-order valence-corrected chi connectivity index (χ1v) is 7.13. The lowest BCUT2D eigenvalue weighted by Crippen LogP contribution is -1.95. The van der Waals surface area contributed by atoms with Crippen LogP contribution in [0.2, 0.25) is 0 Å². The van der Waals surface area contributed by atoms with Crippen LogP contribution < -0.4 is 0 Å². The van der Waals surface area contributed by atoms with Gasteiger partial charge in [-0.2, -0.15) is 5.26 Å². The lowest BCUT2D eigenvalue weighted by atomic mass is 9.97. The summed E-state index contributed by atoms with van der Waals surface area (Å²) in [6.07, 6.45) is 1.65. The third-order valence-electron chi connectivity index (χ3n) is 3.24. The predicted molar refractivity (Wildman–Crippen MR) is 84.3 cm³/mol. The Labute approximate surface area is 130 Å². The summed E-state index contributed by atoms with van der Waals surface area (Å²) >= 11 is 3.49. The number of aromatic nitrogens is 3. The zero-order valence-corrected chi connectivity index (χ0v) is 12.9. The van der Waals surface area contributed by atoms with Gasteiger partial charge in [0.05, 0.1) is 11.6 Å². The third kappa shape index (κ3) is 2.58. The molecule has 1 heterocycles. The Morgan fingerprint density at radius 2 is 2.00 bits per heavy atom. The van der Waals surface area contributed by atoms with Gasteiger partial charge >= 0.3 is 0 Å². The SMILES string of the molecule is Cn1cnnc1-c1cc(C#N)ccc1-c1cccc(Br)c1. The predicted octanol–water partition coefficient (Wildman–Crippen LogP) is 3.78. The first-order chi connectivity index (χ1) is 10.2. The van der Waals surface area contributed by atoms with Crippen molar-refractivity contribution in [3.63, 3.8) is 0 Å². The Kier molecular flexibility index (Phi) is 3.55. The minimum atomic E-state index is 0.603. The monoisotopic (exact) mass is 338 g/mol. The molecule has 1 aromatic heterocycles. The van der Waals surface area contributed by atoms with Gasteiger partial charge in [0.15, 0.2) is 5.82 Å². The van der Waals surface area contributed by atoms with Gasteiger partial charge in [0.2, 0.25) is 0 Å². The molecule has 5 heteroatoms. The summed E-state index contributed by atoms with van der Waals surface area (Å²) in [6.45, 7) is 0. The van der Waals surface area contributed by atoms with Crippen LogP contribution in [-0.2, 0) is 7.05 Å². The number of rotatable bonds is 2. The Morgan fingerprint density at radius 1 is 1.14 bits per heavy atom. The van der Waals surface area contributed by atoms with Crippen LogP contribution in [0, 0.1) is 11.3 Å². The fourth-order valence-corrected chi connectivity index (χ4v) is 2.63. The van der Waals surface area contributed by atoms with E-state index in [2.05, 4.69) is 32.2 Å². The Morgan fingerprint density at radius 3 is 2.67 bits per heavy atom. The van der Waals surface area contributed by atoms with E-state index in [0.717, 1.165) is 27.0 Å². The number of nitrogens with zero attached hydrogens (tertiary/aromatic N) is 4. The van der Waals surface area contributed by atoms with Crippen LogP contribution in [0.15, 0.2) is 53.3 Å². The zero-order chi connectivity index (χ0) is 14.8. The summed E-state index contributed by atoms with van der Waals surface area (Å²) in [4.78, 5) is 0. The van der Waals surface area contributed by atoms with Crippen molar-refractivity contribution in [3.05, 3.63) is 58.8 Å². The standard InChI is InChI=1S/C16H11BrN4/c1-21-10-19-20-16(21)15-7-11(9-18)5-6-14(15)12-3-2-4-13(17)8-12/h2-8,10H,1H3. The summed E-state index contributed by atoms with van der Waals surface area (Å²) in [7, 11) is 1.89. The molecule has 0 N–H and O–H groups in total. The van der Waals surface area contributed by atoms with Gasteiger partial charge in [0.25, 0.3) is 0 Å². The van der Waals surface area contributed by atoms with Gasteiger partial charge in [-0.1, -0.05) is 34.1 Å². The fraction of sp³-hybridized carbons (Fsp3) is 0.0625. The minimum Gasteiger partial charge on any atom is -0.317 e. The lowest BCUT2D eigenvalue weighted by molar-refractivity contribution is 0.920. The largest absolute Gasteiger partial charge is 0.317 e. The molecule has 3 aromatic rings. The summed E-state index contributed by atoms with van der Waals surface area (Å²) in [5, 5.41) is 17.2. The highest BCUT2D eigenvalue weighted by atomic mass is 79.9. The molecular formula is C16H11BrN4. The molecule has 0 aliphatic heterocycles. The van der Waals surface area contributed by atoms with E-state index in [4.69, 9.17) is 5.26 Å². The summed E-state index contributed by atoms with van der Waals surface area (Å²) in [5.74, 6) is 0.738. The Balaban J connectivity index is 2.26. The van der Waals surface area contributed by atoms with Crippen LogP contribution in [0.3, 0.4) is 0 Å². The maximum Gasteiger partial charge on any atom is 0.164 e. The van der Waals surface area contributed by atoms with Crippen LogP contribution in [0.5, 0.6) is 0 Å². The molecule has 0 fully saturated rings. The molecule has 102 valence electrons. The minimum absolute atomic E-state index is 0.603. The molecule has 2 aromatic carbocycles. The second-order valence-corrected chi connectivity index (χ2v) is 5.56. The van der Waals surface area contributed by atoms with Gasteiger partial charge in [-0.25, -0.2) is 0 Å². The molecule has 21 heavy (non-hydrogen) atoms. The molecule has 3 rings (SSSR count). The van der Waals surface area contributed by atoms with Gasteiger partial charge in [-0.3, -0.25) is 0 Å². The molecule has 0 bridgehead atoms. The normalized spacial score (nSPS) is 10.3. The van der Waals surface area contributed by atoms with E-state index in [9.17, 15) is 0 Å². The number of hydrogen-bond donors (Lipinski definition) is 0. The lowest BCUT2D eigenvalue weighted by Gasteiger charge is -2.10. The second kappa shape index (κ2) is 5.51. The number of halogens is 1. The molecule has 4 nitrogen and oxygen atoms in total. The van der Waals surface area contributed by atoms with Crippen molar-refractivity contribution in [2.45, 2.75) is 0 Å². The summed E-state index contributed by atoms with van der Waals surface area (Å²) in [5.41, 5.74) is 3.58. The van der Waals surface area contributed by atoms with Gasteiger partial charge < -0.3 is 4.57 Å². The average Bonchev–Trinajstić information content (AvgIpc) is 2.92. The fourth-order valence-electron chi connectivity index (χ4n) is 2.23. The second-order valence-electron chi connectivity index (χ2n) is 4.65. The van der Waals surface area contributed by atoms with Crippen molar-refractivity contribution in [3.8, 4) is 28.6 Å². The highest BCUT2D eigenvalue weighted by molar-refractivity contribution is 9.10. The van der Waals surface area contributed by atoms with Crippen molar-refractivity contribution >= 4 is 15.9 Å². The molecule has 0 aliphatic carbocycles. The van der Waals surface area contributed by atoms with Crippen molar-refractivity contribution in [1.82, 2.24) is 14.8 Å². The van der Waals surface area contributed by atoms with Crippen LogP contribution in [-0.4, -0.2) is 14.8 Å². The molecule has 0 aliphatic rings. The van der Waals surface area contributed by atoms with Crippen LogP contribution in [0.25, 0.3) is 22.5 Å². The van der Waals surface area contributed by atoms with Gasteiger partial charge in [-0.05, 0) is 35.4 Å². The van der Waals surface area contributed by atoms with Crippen LogP contribution >= 0.6 is 15.9 Å². The first kappa shape index (κ1) is 13.5. The highest BCUT2D eigenvalue weighted by Crippen LogP contribution is 2.32. The van der Waals surface area contributed by atoms with E-state index in [1.165, 1.54) is 0 Å². The molecule has 0 unspecified atom stereocenters. The van der Waals surface area contributed by atoms with E-state index in [1.807, 2.05) is 54.1 Å². The maximum absolute atomic E-state index is 9.13. The Hall–Kier alpha value is -2.45. The molecule has 0 saturated heterocycles. The molecular weight excluding hydrogens is 328 g/mol. The molecule has 0 amide bonds. The molecule has 0 radical (unpaired) electrons. The van der Waals surface area contributed by atoms with Crippen molar-refractivity contribution < 1.29 is 0 Å². The average molecular weight is 339 g/mol. The van der Waals surface area contributed by atoms with Gasteiger partial charge in [0, 0.05) is 17.1 Å². The van der Waals surface area contributed by atoms with Crippen LogP contribution in [0.4, 0.5) is 0 Å². The molecule has 0 atom stereocenters. The van der Waals surface area contributed by atoms with Crippen molar-refractivity contribution in [2.75, 3.05) is 0 Å². The van der Waals surface area contributed by atoms with E-state index < -0.39 is 0 Å². The topological polar surface area (TPSA) is 54.5 Å². The smallest absolute Gasteiger partial charge is 0.164 e. The maximum atomic E-state index is 9.13. The summed E-state index contributed by atoms with van der Waals surface area (Å²) < 4.78 is 2.85. The van der Waals surface area contributed by atoms with Gasteiger partial charge in [-0.15, -0.1) is 10.2 Å². The number of aryl methyl sites for hydroxylation is 1. The first-order valence-electron chi connectivity index (χ1n) is 6.33. The molecule has 0 saturated carbocycles. The van der Waals surface area contributed by atoms with E-state index in [1.54, 1.807) is 6.33 Å². The highest BCUT2D eigenvalue weighted by Gasteiger charge is 2.13. The quantitative estimate of drug-likeness (QED) is 0.714. The van der Waals surface area contributed by atoms with Crippen molar-refractivity contribution in [2.24, 2.45) is 7.05 Å². The van der Waals surface area contributed by atoms with Crippen molar-refractivity contribution in [1.29, 1.82) is 5.26 Å². The van der Waals surface area contributed by atoms with E-state index >= 15 is 0 Å². The summed E-state index contributed by atoms with van der Waals surface area (Å²) in [6, 6.07) is 15.8. The van der Waals surface area contributed by atoms with E-state index in [0.29, 0.717) is 5.56 Å². The zero-order valence-electron chi connectivity index (χ0n) is 11.3. The third-order valence-corrected chi connectivity index (χ3v) is 3.73. The number of benzene rings is 2. The van der Waals surface area contributed by atoms with Crippen LogP contribution in [0.1, 0.15) is 5.56 Å².